The second-order valence-corrected chi connectivity index (χ2v) is 3.61. The van der Waals surface area contributed by atoms with Crippen LogP contribution in [0.5, 0.6) is 0 Å². The summed E-state index contributed by atoms with van der Waals surface area (Å²) in [5.41, 5.74) is 4.30. The number of allylic oxidation sites excluding steroid dienone is 2. The zero-order valence-corrected chi connectivity index (χ0v) is 10.2. The molecule has 0 bridgehead atoms. The number of hydrogen-bond acceptors (Lipinski definition) is 2. The molecule has 0 aliphatic heterocycles. The van der Waals surface area contributed by atoms with Gasteiger partial charge < -0.3 is 4.98 Å². The predicted molar refractivity (Wildman–Crippen MR) is 69.7 cm³/mol. The van der Waals surface area contributed by atoms with E-state index in [0.29, 0.717) is 0 Å². The predicted octanol–water partition coefficient (Wildman–Crippen LogP) is 2.56. The van der Waals surface area contributed by atoms with E-state index in [2.05, 4.69) is 18.8 Å². The Labute approximate surface area is 101 Å². The van der Waals surface area contributed by atoms with Crippen molar-refractivity contribution in [2.75, 3.05) is 0 Å². The number of carbonyl (C=O) groups is 2. The van der Waals surface area contributed by atoms with Gasteiger partial charge in [0, 0.05) is 11.4 Å². The van der Waals surface area contributed by atoms with Crippen molar-refractivity contribution in [3.63, 3.8) is 0 Å². The third kappa shape index (κ3) is 3.03. The summed E-state index contributed by atoms with van der Waals surface area (Å²) < 4.78 is 0. The summed E-state index contributed by atoms with van der Waals surface area (Å²) in [6.07, 6.45) is 9.78. The van der Waals surface area contributed by atoms with Gasteiger partial charge in [0.15, 0.2) is 0 Å². The fraction of sp³-hybridized carbons (Fsp3) is 0.286. The van der Waals surface area contributed by atoms with Gasteiger partial charge in [0.05, 0.1) is 0 Å². The van der Waals surface area contributed by atoms with Gasteiger partial charge >= 0.3 is 0 Å². The summed E-state index contributed by atoms with van der Waals surface area (Å²) in [6.45, 7) is 4.15. The highest BCUT2D eigenvalue weighted by molar-refractivity contribution is 5.77. The summed E-state index contributed by atoms with van der Waals surface area (Å²) >= 11 is 0. The average Bonchev–Trinajstić information content (AvgIpc) is 2.70. The molecule has 1 aromatic heterocycles. The van der Waals surface area contributed by atoms with Crippen LogP contribution < -0.4 is 0 Å². The van der Waals surface area contributed by atoms with Gasteiger partial charge in [-0.15, -0.1) is 0 Å². The van der Waals surface area contributed by atoms with E-state index in [1.807, 2.05) is 0 Å². The molecule has 0 aromatic carbocycles. The van der Waals surface area contributed by atoms with Crippen LogP contribution in [0.1, 0.15) is 36.4 Å². The molecule has 0 radical (unpaired) electrons. The third-order valence-corrected chi connectivity index (χ3v) is 2.67. The minimum atomic E-state index is 0.757. The quantitative estimate of drug-likeness (QED) is 0.604. The Morgan fingerprint density at radius 2 is 1.29 bits per heavy atom. The summed E-state index contributed by atoms with van der Waals surface area (Å²) in [4.78, 5) is 23.9. The lowest BCUT2D eigenvalue weighted by atomic mass is 10.0. The normalized spacial score (nSPS) is 11.4. The SMILES string of the molecule is CCc1c(/C=C/C=O)[nH]c(/C=C/C=O)c1CC. The molecule has 1 aromatic rings. The first-order valence-corrected chi connectivity index (χ1v) is 5.75. The van der Waals surface area contributed by atoms with Gasteiger partial charge in [-0.3, -0.25) is 9.59 Å². The smallest absolute Gasteiger partial charge is 0.142 e. The van der Waals surface area contributed by atoms with Crippen molar-refractivity contribution in [2.24, 2.45) is 0 Å². The molecule has 1 rings (SSSR count). The van der Waals surface area contributed by atoms with Crippen LogP contribution in [-0.4, -0.2) is 17.6 Å². The van der Waals surface area contributed by atoms with Crippen molar-refractivity contribution in [3.05, 3.63) is 34.7 Å². The number of aromatic nitrogens is 1. The Bertz CT molecular complexity index is 413. The Balaban J connectivity index is 3.26. The number of hydrogen-bond donors (Lipinski definition) is 1. The Hall–Kier alpha value is -1.90. The lowest BCUT2D eigenvalue weighted by Crippen LogP contribution is -1.88. The lowest BCUT2D eigenvalue weighted by Gasteiger charge is -1.99. The van der Waals surface area contributed by atoms with E-state index < -0.39 is 0 Å². The molecule has 0 fully saturated rings. The highest BCUT2D eigenvalue weighted by Crippen LogP contribution is 2.22. The van der Waals surface area contributed by atoms with Crippen molar-refractivity contribution < 1.29 is 9.59 Å². The van der Waals surface area contributed by atoms with Crippen LogP contribution in [0.4, 0.5) is 0 Å². The molecule has 0 unspecified atom stereocenters. The monoisotopic (exact) mass is 231 g/mol. The number of carbonyl (C=O) groups excluding carboxylic acids is 2. The Kier molecular flexibility index (Phi) is 5.14. The molecule has 90 valence electrons. The third-order valence-electron chi connectivity index (χ3n) is 2.67. The van der Waals surface area contributed by atoms with Crippen LogP contribution >= 0.6 is 0 Å². The number of aromatic amines is 1. The van der Waals surface area contributed by atoms with Gasteiger partial charge in [-0.1, -0.05) is 13.8 Å². The Morgan fingerprint density at radius 3 is 1.59 bits per heavy atom. The van der Waals surface area contributed by atoms with E-state index in [0.717, 1.165) is 36.8 Å². The first kappa shape index (κ1) is 13.2. The van der Waals surface area contributed by atoms with Crippen molar-refractivity contribution in [3.8, 4) is 0 Å². The number of aldehydes is 2. The van der Waals surface area contributed by atoms with Crippen molar-refractivity contribution in [2.45, 2.75) is 26.7 Å². The van der Waals surface area contributed by atoms with Crippen LogP contribution in [0.25, 0.3) is 12.2 Å². The fourth-order valence-corrected chi connectivity index (χ4v) is 1.98. The minimum absolute atomic E-state index is 0.757. The van der Waals surface area contributed by atoms with Crippen LogP contribution in [0, 0.1) is 0 Å². The van der Waals surface area contributed by atoms with E-state index in [9.17, 15) is 9.59 Å². The maximum absolute atomic E-state index is 10.4. The summed E-state index contributed by atoms with van der Waals surface area (Å²) in [7, 11) is 0. The van der Waals surface area contributed by atoms with E-state index >= 15 is 0 Å². The number of nitrogens with one attached hydrogen (secondary N) is 1. The van der Waals surface area contributed by atoms with Crippen LogP contribution in [-0.2, 0) is 22.4 Å². The number of H-pyrrole nitrogens is 1. The van der Waals surface area contributed by atoms with Gasteiger partial charge in [0.2, 0.25) is 0 Å². The zero-order valence-electron chi connectivity index (χ0n) is 10.2. The molecule has 0 saturated carbocycles. The highest BCUT2D eigenvalue weighted by atomic mass is 16.1. The molecule has 3 heteroatoms. The molecular formula is C14H17NO2. The molecule has 0 amide bonds. The molecule has 0 aliphatic carbocycles. The molecule has 0 aliphatic rings. The van der Waals surface area contributed by atoms with Gasteiger partial charge in [-0.05, 0) is 48.3 Å². The second kappa shape index (κ2) is 6.63. The van der Waals surface area contributed by atoms with E-state index in [1.165, 1.54) is 23.3 Å². The summed E-state index contributed by atoms with van der Waals surface area (Å²) in [6, 6.07) is 0. The second-order valence-electron chi connectivity index (χ2n) is 3.61. The first-order chi connectivity index (χ1) is 8.28. The molecule has 1 N–H and O–H groups in total. The summed E-state index contributed by atoms with van der Waals surface area (Å²) in [5, 5.41) is 0. The van der Waals surface area contributed by atoms with Crippen molar-refractivity contribution >= 4 is 24.7 Å². The maximum atomic E-state index is 10.4. The fourth-order valence-electron chi connectivity index (χ4n) is 1.98. The standard InChI is InChI=1S/C14H17NO2/c1-3-11-12(4-2)14(8-6-10-17)15-13(11)7-5-9-16/h5-10,15H,3-4H2,1-2H3/b7-5+,8-6+. The van der Waals surface area contributed by atoms with Gasteiger partial charge in [0.25, 0.3) is 0 Å². The van der Waals surface area contributed by atoms with Gasteiger partial charge in [-0.25, -0.2) is 0 Å². The largest absolute Gasteiger partial charge is 0.355 e. The lowest BCUT2D eigenvalue weighted by molar-refractivity contribution is -0.104. The molecule has 1 heterocycles. The van der Waals surface area contributed by atoms with Crippen LogP contribution in [0.3, 0.4) is 0 Å². The van der Waals surface area contributed by atoms with E-state index in [4.69, 9.17) is 0 Å². The maximum Gasteiger partial charge on any atom is 0.142 e. The average molecular weight is 231 g/mol. The molecule has 0 spiro atoms. The van der Waals surface area contributed by atoms with Gasteiger partial charge in [0.1, 0.15) is 12.6 Å². The van der Waals surface area contributed by atoms with Crippen LogP contribution in [0.15, 0.2) is 12.2 Å². The van der Waals surface area contributed by atoms with Gasteiger partial charge in [-0.2, -0.15) is 0 Å². The van der Waals surface area contributed by atoms with Crippen molar-refractivity contribution in [1.29, 1.82) is 0 Å². The highest BCUT2D eigenvalue weighted by Gasteiger charge is 2.10. The molecule has 17 heavy (non-hydrogen) atoms. The first-order valence-electron chi connectivity index (χ1n) is 5.75. The molecule has 0 saturated heterocycles. The minimum Gasteiger partial charge on any atom is -0.355 e. The molecule has 0 atom stereocenters. The number of rotatable bonds is 6. The van der Waals surface area contributed by atoms with E-state index in [-0.39, 0.29) is 0 Å². The topological polar surface area (TPSA) is 49.9 Å². The Morgan fingerprint density at radius 1 is 0.882 bits per heavy atom. The molecule has 3 nitrogen and oxygen atoms in total. The van der Waals surface area contributed by atoms with E-state index in [1.54, 1.807) is 12.2 Å². The van der Waals surface area contributed by atoms with Crippen LogP contribution in [0.2, 0.25) is 0 Å². The summed E-state index contributed by atoms with van der Waals surface area (Å²) in [5.74, 6) is 0. The zero-order chi connectivity index (χ0) is 12.7. The molecular weight excluding hydrogens is 214 g/mol. The van der Waals surface area contributed by atoms with Crippen molar-refractivity contribution in [1.82, 2.24) is 4.98 Å².